The lowest BCUT2D eigenvalue weighted by atomic mass is 10.0. The van der Waals surface area contributed by atoms with Gasteiger partial charge in [-0.05, 0) is 56.4 Å². The minimum atomic E-state index is -0.210. The molecular weight excluding hydrogens is 378 g/mol. The number of nitrogens with one attached hydrogen (secondary N) is 1. The number of hydrogen-bond donors (Lipinski definition) is 1. The van der Waals surface area contributed by atoms with Crippen molar-refractivity contribution in [1.82, 2.24) is 19.9 Å². The van der Waals surface area contributed by atoms with Crippen molar-refractivity contribution in [3.8, 4) is 0 Å². The Hall–Kier alpha value is -2.67. The van der Waals surface area contributed by atoms with Crippen LogP contribution in [0.5, 0.6) is 0 Å². The van der Waals surface area contributed by atoms with Crippen LogP contribution in [0.25, 0.3) is 11.1 Å². The van der Waals surface area contributed by atoms with Crippen molar-refractivity contribution in [3.63, 3.8) is 0 Å². The zero-order chi connectivity index (χ0) is 19.5. The van der Waals surface area contributed by atoms with Crippen molar-refractivity contribution in [2.75, 3.05) is 11.9 Å². The maximum Gasteiger partial charge on any atom is 0.292 e. The van der Waals surface area contributed by atoms with Gasteiger partial charge in [-0.1, -0.05) is 11.6 Å². The summed E-state index contributed by atoms with van der Waals surface area (Å²) in [4.78, 5) is 28.0. The number of nitrogens with zero attached hydrogens (tertiary/aromatic N) is 4. The van der Waals surface area contributed by atoms with Crippen molar-refractivity contribution in [2.24, 2.45) is 0 Å². The quantitative estimate of drug-likeness (QED) is 0.678. The largest absolute Gasteiger partial charge is 0.443 e. The molecule has 0 bridgehead atoms. The number of aryl methyl sites for hydroxylation is 1. The predicted molar refractivity (Wildman–Crippen MR) is 105 cm³/mol. The highest BCUT2D eigenvalue weighted by Crippen LogP contribution is 2.39. The van der Waals surface area contributed by atoms with Gasteiger partial charge >= 0.3 is 0 Å². The summed E-state index contributed by atoms with van der Waals surface area (Å²) in [5.41, 5.74) is 2.49. The normalized spacial score (nSPS) is 17.5. The fourth-order valence-electron chi connectivity index (χ4n) is 3.59. The van der Waals surface area contributed by atoms with E-state index < -0.39 is 0 Å². The van der Waals surface area contributed by atoms with Crippen LogP contribution in [0.15, 0.2) is 22.7 Å². The highest BCUT2D eigenvalue weighted by molar-refractivity contribution is 6.30. The molecule has 0 unspecified atom stereocenters. The average molecular weight is 398 g/mol. The third-order valence-electron chi connectivity index (χ3n) is 5.51. The predicted octanol–water partition coefficient (Wildman–Crippen LogP) is 3.74. The van der Waals surface area contributed by atoms with E-state index in [2.05, 4.69) is 27.2 Å². The number of anilines is 1. The Kier molecular flexibility index (Phi) is 3.84. The van der Waals surface area contributed by atoms with Crippen LogP contribution >= 0.6 is 11.6 Å². The van der Waals surface area contributed by atoms with E-state index in [1.807, 2.05) is 19.1 Å². The number of rotatable bonds is 3. The molecule has 0 saturated heterocycles. The molecule has 8 heteroatoms. The smallest absolute Gasteiger partial charge is 0.292 e. The van der Waals surface area contributed by atoms with Crippen LogP contribution in [0.3, 0.4) is 0 Å². The summed E-state index contributed by atoms with van der Waals surface area (Å²) in [5.74, 6) is 1.34. The van der Waals surface area contributed by atoms with Crippen molar-refractivity contribution in [1.29, 1.82) is 0 Å². The van der Waals surface area contributed by atoms with Gasteiger partial charge in [0.2, 0.25) is 11.5 Å². The average Bonchev–Trinajstić information content (AvgIpc) is 3.26. The van der Waals surface area contributed by atoms with E-state index in [0.29, 0.717) is 36.2 Å². The second-order valence-electron chi connectivity index (χ2n) is 7.87. The number of fused-ring (bicyclic) bond motifs is 2. The molecule has 1 fully saturated rings. The number of carbonyl (C=O) groups is 1. The molecule has 3 aromatic heterocycles. The number of amides is 1. The molecule has 0 aromatic carbocycles. The van der Waals surface area contributed by atoms with Gasteiger partial charge in [-0.3, -0.25) is 4.79 Å². The molecule has 5 rings (SSSR count). The molecule has 0 atom stereocenters. The van der Waals surface area contributed by atoms with Crippen molar-refractivity contribution in [2.45, 2.75) is 45.2 Å². The van der Waals surface area contributed by atoms with E-state index in [-0.39, 0.29) is 17.3 Å². The van der Waals surface area contributed by atoms with Gasteiger partial charge in [-0.15, -0.1) is 0 Å². The van der Waals surface area contributed by atoms with E-state index >= 15 is 0 Å². The summed E-state index contributed by atoms with van der Waals surface area (Å²) in [6.07, 6.45) is 4.49. The Balaban J connectivity index is 1.49. The Morgan fingerprint density at radius 2 is 2.18 bits per heavy atom. The zero-order valence-electron chi connectivity index (χ0n) is 15.8. The fourth-order valence-corrected chi connectivity index (χ4v) is 3.87. The lowest BCUT2D eigenvalue weighted by molar-refractivity contribution is 0.0722. The molecule has 1 N–H and O–H groups in total. The van der Waals surface area contributed by atoms with Gasteiger partial charge < -0.3 is 14.6 Å². The monoisotopic (exact) mass is 397 g/mol. The minimum absolute atomic E-state index is 0.0284. The van der Waals surface area contributed by atoms with Gasteiger partial charge in [0, 0.05) is 24.8 Å². The van der Waals surface area contributed by atoms with Crippen LogP contribution in [-0.2, 0) is 13.0 Å². The van der Waals surface area contributed by atoms with Crippen LogP contribution < -0.4 is 5.32 Å². The maximum atomic E-state index is 13.2. The van der Waals surface area contributed by atoms with E-state index in [4.69, 9.17) is 16.0 Å². The van der Waals surface area contributed by atoms with Gasteiger partial charge in [0.25, 0.3) is 5.91 Å². The van der Waals surface area contributed by atoms with Gasteiger partial charge in [-0.2, -0.15) is 4.98 Å². The van der Waals surface area contributed by atoms with Crippen LogP contribution in [-0.4, -0.2) is 37.8 Å². The lowest BCUT2D eigenvalue weighted by Gasteiger charge is -2.28. The molecule has 144 valence electrons. The first-order valence-corrected chi connectivity index (χ1v) is 9.78. The minimum Gasteiger partial charge on any atom is -0.443 e. The second-order valence-corrected chi connectivity index (χ2v) is 8.23. The molecular formula is C20H20ClN5O2. The molecule has 7 nitrogen and oxygen atoms in total. The Morgan fingerprint density at radius 3 is 2.96 bits per heavy atom. The summed E-state index contributed by atoms with van der Waals surface area (Å²) in [7, 11) is 0. The van der Waals surface area contributed by atoms with Gasteiger partial charge in [0.1, 0.15) is 16.7 Å². The van der Waals surface area contributed by atoms with Gasteiger partial charge in [-0.25, -0.2) is 9.97 Å². The number of aromatic nitrogens is 3. The van der Waals surface area contributed by atoms with E-state index in [9.17, 15) is 4.79 Å². The Bertz CT molecular complexity index is 1110. The molecule has 1 aliphatic heterocycles. The SMILES string of the molecule is Cc1cc2c(NC3(C)CC3)nc(C(=O)N3CCc4c(ccnc4Cl)C3)nc2o1. The molecule has 0 spiro atoms. The zero-order valence-corrected chi connectivity index (χ0v) is 16.5. The topological polar surface area (TPSA) is 84.2 Å². The Labute approximate surface area is 167 Å². The standard InChI is InChI=1S/C20H20ClN5O2/c1-11-9-14-16(25-20(2)5-6-20)23-17(24-18(14)28-11)19(27)26-8-4-13-12(10-26)3-7-22-15(13)21/h3,7,9H,4-6,8,10H2,1-2H3,(H,23,24,25). The van der Waals surface area contributed by atoms with Crippen LogP contribution in [0.2, 0.25) is 5.15 Å². The van der Waals surface area contributed by atoms with E-state index in [1.165, 1.54) is 0 Å². The summed E-state index contributed by atoms with van der Waals surface area (Å²) < 4.78 is 5.71. The summed E-state index contributed by atoms with van der Waals surface area (Å²) in [6, 6.07) is 3.81. The van der Waals surface area contributed by atoms with Crippen LogP contribution in [0.4, 0.5) is 5.82 Å². The van der Waals surface area contributed by atoms with Gasteiger partial charge in [0.15, 0.2) is 0 Å². The first-order chi connectivity index (χ1) is 13.4. The number of pyridine rings is 1. The molecule has 0 radical (unpaired) electrons. The van der Waals surface area contributed by atoms with Crippen molar-refractivity contribution >= 4 is 34.4 Å². The molecule has 28 heavy (non-hydrogen) atoms. The second kappa shape index (κ2) is 6.17. The van der Waals surface area contributed by atoms with E-state index in [1.54, 1.807) is 11.1 Å². The first-order valence-electron chi connectivity index (χ1n) is 9.40. The van der Waals surface area contributed by atoms with Gasteiger partial charge in [0.05, 0.1) is 5.39 Å². The third-order valence-corrected chi connectivity index (χ3v) is 5.83. The number of hydrogen-bond acceptors (Lipinski definition) is 6. The molecule has 3 aromatic rings. The number of halogens is 1. The molecule has 4 heterocycles. The van der Waals surface area contributed by atoms with Crippen molar-refractivity contribution in [3.05, 3.63) is 46.2 Å². The Morgan fingerprint density at radius 1 is 1.36 bits per heavy atom. The maximum absolute atomic E-state index is 13.2. The van der Waals surface area contributed by atoms with E-state index in [0.717, 1.165) is 35.1 Å². The molecule has 1 amide bonds. The summed E-state index contributed by atoms with van der Waals surface area (Å²) in [6.45, 7) is 5.03. The molecule has 1 aliphatic carbocycles. The number of carbonyl (C=O) groups excluding carboxylic acids is 1. The van der Waals surface area contributed by atoms with Crippen molar-refractivity contribution < 1.29 is 9.21 Å². The highest BCUT2D eigenvalue weighted by Gasteiger charge is 2.38. The highest BCUT2D eigenvalue weighted by atomic mass is 35.5. The first kappa shape index (κ1) is 17.4. The van der Waals surface area contributed by atoms with Crippen LogP contribution in [0, 0.1) is 6.92 Å². The van der Waals surface area contributed by atoms with Crippen LogP contribution in [0.1, 0.15) is 47.3 Å². The lowest BCUT2D eigenvalue weighted by Crippen LogP contribution is -2.37. The third kappa shape index (κ3) is 2.99. The fraction of sp³-hybridized carbons (Fsp3) is 0.400. The summed E-state index contributed by atoms with van der Waals surface area (Å²) in [5, 5.41) is 4.78. The number of furan rings is 1. The molecule has 2 aliphatic rings. The summed E-state index contributed by atoms with van der Waals surface area (Å²) >= 11 is 6.18. The molecule has 1 saturated carbocycles.